The van der Waals surface area contributed by atoms with Crippen LogP contribution in [0.3, 0.4) is 0 Å². The number of rotatable bonds is 5. The molecule has 2 N–H and O–H groups in total. The van der Waals surface area contributed by atoms with Gasteiger partial charge in [-0.1, -0.05) is 12.1 Å². The molecule has 1 aromatic carbocycles. The summed E-state index contributed by atoms with van der Waals surface area (Å²) in [6.45, 7) is 1.71. The summed E-state index contributed by atoms with van der Waals surface area (Å²) in [5.41, 5.74) is 0.467. The Morgan fingerprint density at radius 1 is 1.41 bits per heavy atom. The van der Waals surface area contributed by atoms with E-state index in [1.807, 2.05) is 6.07 Å². The molecule has 0 aliphatic carbocycles. The number of para-hydroxylation sites is 1. The van der Waals surface area contributed by atoms with Gasteiger partial charge in [0.2, 0.25) is 5.91 Å². The van der Waals surface area contributed by atoms with E-state index >= 15 is 0 Å². The highest BCUT2D eigenvalue weighted by Crippen LogP contribution is 2.07. The van der Waals surface area contributed by atoms with Crippen LogP contribution in [-0.2, 0) is 11.3 Å². The molecule has 116 valence electrons. The van der Waals surface area contributed by atoms with Gasteiger partial charge >= 0.3 is 0 Å². The number of hydrogen-bond donors (Lipinski definition) is 2. The van der Waals surface area contributed by atoms with Gasteiger partial charge in [0.1, 0.15) is 6.54 Å². The summed E-state index contributed by atoms with van der Waals surface area (Å²) in [4.78, 5) is 28.4. The largest absolute Gasteiger partial charge is 0.354 e. The molecule has 0 unspecified atom stereocenters. The second kappa shape index (κ2) is 6.70. The summed E-state index contributed by atoms with van der Waals surface area (Å²) in [5.74, 6) is -0.155. The zero-order valence-corrected chi connectivity index (χ0v) is 12.4. The summed E-state index contributed by atoms with van der Waals surface area (Å²) >= 11 is 0. The van der Waals surface area contributed by atoms with Crippen molar-refractivity contribution in [3.63, 3.8) is 0 Å². The van der Waals surface area contributed by atoms with Crippen molar-refractivity contribution in [2.75, 3.05) is 13.1 Å². The third-order valence-corrected chi connectivity index (χ3v) is 4.02. The molecule has 0 saturated carbocycles. The normalized spacial score (nSPS) is 17.7. The number of amides is 1. The standard InChI is InChI=1S/C16H20N4O2/c21-15(18-9-7-12-4-3-8-17-12)10-20-11-19-14-6-2-1-5-13(14)16(20)22/h1-2,5-6,11-12,17H,3-4,7-10H2,(H,18,21)/t12-/m1/s1. The van der Waals surface area contributed by atoms with E-state index < -0.39 is 0 Å². The topological polar surface area (TPSA) is 76.0 Å². The molecule has 1 saturated heterocycles. The minimum absolute atomic E-state index is 0.00869. The molecule has 3 rings (SSSR count). The van der Waals surface area contributed by atoms with Crippen LogP contribution in [0.2, 0.25) is 0 Å². The van der Waals surface area contributed by atoms with Crippen LogP contribution in [0.1, 0.15) is 19.3 Å². The molecule has 2 heterocycles. The van der Waals surface area contributed by atoms with Crippen LogP contribution < -0.4 is 16.2 Å². The van der Waals surface area contributed by atoms with Crippen molar-refractivity contribution in [1.82, 2.24) is 20.2 Å². The van der Waals surface area contributed by atoms with E-state index in [9.17, 15) is 9.59 Å². The number of nitrogens with one attached hydrogen (secondary N) is 2. The molecular weight excluding hydrogens is 280 g/mol. The van der Waals surface area contributed by atoms with E-state index in [0.29, 0.717) is 23.5 Å². The van der Waals surface area contributed by atoms with Crippen LogP contribution in [0.15, 0.2) is 35.4 Å². The van der Waals surface area contributed by atoms with Gasteiger partial charge in [0.05, 0.1) is 17.2 Å². The molecule has 22 heavy (non-hydrogen) atoms. The number of carbonyl (C=O) groups excluding carboxylic acids is 1. The van der Waals surface area contributed by atoms with E-state index in [4.69, 9.17) is 0 Å². The zero-order chi connectivity index (χ0) is 15.4. The first-order valence-electron chi connectivity index (χ1n) is 7.68. The molecule has 1 atom stereocenters. The lowest BCUT2D eigenvalue weighted by molar-refractivity contribution is -0.121. The Balaban J connectivity index is 1.59. The van der Waals surface area contributed by atoms with Crippen molar-refractivity contribution >= 4 is 16.8 Å². The van der Waals surface area contributed by atoms with Crippen molar-refractivity contribution in [1.29, 1.82) is 0 Å². The molecule has 6 heteroatoms. The molecule has 1 amide bonds. The molecule has 6 nitrogen and oxygen atoms in total. The van der Waals surface area contributed by atoms with E-state index in [1.165, 1.54) is 23.7 Å². The summed E-state index contributed by atoms with van der Waals surface area (Å²) in [7, 11) is 0. The molecule has 1 fully saturated rings. The molecule has 1 aromatic heterocycles. The van der Waals surface area contributed by atoms with E-state index in [-0.39, 0.29) is 18.0 Å². The van der Waals surface area contributed by atoms with Gasteiger partial charge in [-0.2, -0.15) is 0 Å². The Bertz CT molecular complexity index is 719. The SMILES string of the molecule is O=C(Cn1cnc2ccccc2c1=O)NCC[C@H]1CCCN1. The maximum Gasteiger partial charge on any atom is 0.261 e. The van der Waals surface area contributed by atoms with E-state index in [2.05, 4.69) is 15.6 Å². The second-order valence-electron chi connectivity index (χ2n) is 5.63. The summed E-state index contributed by atoms with van der Waals surface area (Å²) in [6.07, 6.45) is 4.74. The first kappa shape index (κ1) is 14.7. The maximum absolute atomic E-state index is 12.3. The number of carbonyl (C=O) groups is 1. The smallest absolute Gasteiger partial charge is 0.261 e. The molecular formula is C16H20N4O2. The lowest BCUT2D eigenvalue weighted by Gasteiger charge is -2.11. The number of nitrogens with zero attached hydrogens (tertiary/aromatic N) is 2. The highest BCUT2D eigenvalue weighted by Gasteiger charge is 2.14. The predicted molar refractivity (Wildman–Crippen MR) is 84.7 cm³/mol. The number of aromatic nitrogens is 2. The van der Waals surface area contributed by atoms with Gasteiger partial charge < -0.3 is 10.6 Å². The number of fused-ring (bicyclic) bond motifs is 1. The number of hydrogen-bond acceptors (Lipinski definition) is 4. The fraction of sp³-hybridized carbons (Fsp3) is 0.438. The Morgan fingerprint density at radius 2 is 2.27 bits per heavy atom. The Kier molecular flexibility index (Phi) is 4.48. The van der Waals surface area contributed by atoms with Gasteiger partial charge in [0.15, 0.2) is 0 Å². The van der Waals surface area contributed by atoms with Crippen LogP contribution in [0.5, 0.6) is 0 Å². The van der Waals surface area contributed by atoms with Crippen LogP contribution in [0.25, 0.3) is 10.9 Å². The average Bonchev–Trinajstić information content (AvgIpc) is 3.04. The fourth-order valence-electron chi connectivity index (χ4n) is 2.82. The summed E-state index contributed by atoms with van der Waals surface area (Å²) in [5, 5.41) is 6.79. The summed E-state index contributed by atoms with van der Waals surface area (Å²) in [6, 6.07) is 7.65. The van der Waals surface area contributed by atoms with E-state index in [1.54, 1.807) is 18.2 Å². The first-order chi connectivity index (χ1) is 10.7. The quantitative estimate of drug-likeness (QED) is 0.850. The third kappa shape index (κ3) is 3.33. The van der Waals surface area contributed by atoms with Crippen LogP contribution in [-0.4, -0.2) is 34.6 Å². The minimum atomic E-state index is -0.182. The fourth-order valence-corrected chi connectivity index (χ4v) is 2.82. The third-order valence-electron chi connectivity index (χ3n) is 4.02. The van der Waals surface area contributed by atoms with Gasteiger partial charge in [0.25, 0.3) is 5.56 Å². The molecule has 0 bridgehead atoms. The Labute approximate surface area is 128 Å². The first-order valence-corrected chi connectivity index (χ1v) is 7.68. The molecule has 0 radical (unpaired) electrons. The van der Waals surface area contributed by atoms with Crippen LogP contribution >= 0.6 is 0 Å². The average molecular weight is 300 g/mol. The van der Waals surface area contributed by atoms with Gasteiger partial charge in [-0.3, -0.25) is 14.2 Å². The number of benzene rings is 1. The lowest BCUT2D eigenvalue weighted by atomic mass is 10.1. The second-order valence-corrected chi connectivity index (χ2v) is 5.63. The zero-order valence-electron chi connectivity index (χ0n) is 12.4. The molecule has 1 aliphatic rings. The Morgan fingerprint density at radius 3 is 3.09 bits per heavy atom. The van der Waals surface area contributed by atoms with Gasteiger partial charge in [-0.15, -0.1) is 0 Å². The lowest BCUT2D eigenvalue weighted by Crippen LogP contribution is -2.35. The van der Waals surface area contributed by atoms with Crippen molar-refractivity contribution in [2.24, 2.45) is 0 Å². The van der Waals surface area contributed by atoms with Crippen LogP contribution in [0, 0.1) is 0 Å². The molecule has 1 aliphatic heterocycles. The Hall–Kier alpha value is -2.21. The van der Waals surface area contributed by atoms with Crippen molar-refractivity contribution in [3.8, 4) is 0 Å². The summed E-state index contributed by atoms with van der Waals surface area (Å²) < 4.78 is 1.35. The van der Waals surface area contributed by atoms with Gasteiger partial charge in [-0.05, 0) is 37.9 Å². The van der Waals surface area contributed by atoms with Crippen LogP contribution in [0.4, 0.5) is 0 Å². The monoisotopic (exact) mass is 300 g/mol. The molecule has 2 aromatic rings. The van der Waals surface area contributed by atoms with Gasteiger partial charge in [0, 0.05) is 12.6 Å². The van der Waals surface area contributed by atoms with E-state index in [0.717, 1.165) is 13.0 Å². The highest BCUT2D eigenvalue weighted by molar-refractivity contribution is 5.78. The maximum atomic E-state index is 12.3. The highest BCUT2D eigenvalue weighted by atomic mass is 16.2. The predicted octanol–water partition coefficient (Wildman–Crippen LogP) is 0.655. The van der Waals surface area contributed by atoms with Crippen molar-refractivity contribution < 1.29 is 4.79 Å². The van der Waals surface area contributed by atoms with Crippen molar-refractivity contribution in [2.45, 2.75) is 31.8 Å². The van der Waals surface area contributed by atoms with Gasteiger partial charge in [-0.25, -0.2) is 4.98 Å². The minimum Gasteiger partial charge on any atom is -0.354 e. The molecule has 0 spiro atoms. The van der Waals surface area contributed by atoms with Crippen molar-refractivity contribution in [3.05, 3.63) is 40.9 Å².